The van der Waals surface area contributed by atoms with E-state index in [0.717, 1.165) is 19.3 Å². The minimum Gasteiger partial charge on any atom is -0.325 e. The van der Waals surface area contributed by atoms with Crippen molar-refractivity contribution < 1.29 is 4.79 Å². The van der Waals surface area contributed by atoms with Gasteiger partial charge >= 0.3 is 0 Å². The van der Waals surface area contributed by atoms with Gasteiger partial charge in [-0.05, 0) is 37.5 Å². The highest BCUT2D eigenvalue weighted by molar-refractivity contribution is 6.42. The molecule has 0 aliphatic heterocycles. The molecule has 0 radical (unpaired) electrons. The Labute approximate surface area is 105 Å². The summed E-state index contributed by atoms with van der Waals surface area (Å²) in [5.41, 5.74) is 6.33. The van der Waals surface area contributed by atoms with E-state index in [-0.39, 0.29) is 11.3 Å². The second-order valence-electron chi connectivity index (χ2n) is 4.44. The van der Waals surface area contributed by atoms with E-state index >= 15 is 0 Å². The molecule has 2 rings (SSSR count). The lowest BCUT2D eigenvalue weighted by atomic mass is 9.74. The van der Waals surface area contributed by atoms with Gasteiger partial charge in [0.25, 0.3) is 0 Å². The number of nitrogens with two attached hydrogens (primary N) is 1. The Morgan fingerprint density at radius 3 is 2.50 bits per heavy atom. The van der Waals surface area contributed by atoms with Crippen LogP contribution in [0.5, 0.6) is 0 Å². The van der Waals surface area contributed by atoms with Crippen molar-refractivity contribution >= 4 is 29.0 Å². The highest BCUT2D eigenvalue weighted by Gasteiger charge is 2.34. The largest absolute Gasteiger partial charge is 0.325 e. The lowest BCUT2D eigenvalue weighted by molar-refractivity contribution is 0.0912. The van der Waals surface area contributed by atoms with E-state index in [4.69, 9.17) is 28.9 Å². The van der Waals surface area contributed by atoms with Crippen molar-refractivity contribution in [1.82, 2.24) is 0 Å². The first-order valence-corrected chi connectivity index (χ1v) is 6.03. The monoisotopic (exact) mass is 257 g/mol. The normalized spacial score (nSPS) is 17.9. The molecule has 1 aliphatic rings. The van der Waals surface area contributed by atoms with Crippen molar-refractivity contribution in [3.8, 4) is 0 Å². The first kappa shape index (κ1) is 11.9. The summed E-state index contributed by atoms with van der Waals surface area (Å²) in [5.74, 6) is 0.0424. The molecule has 0 amide bonds. The van der Waals surface area contributed by atoms with Gasteiger partial charge < -0.3 is 5.73 Å². The second kappa shape index (κ2) is 4.36. The predicted molar refractivity (Wildman–Crippen MR) is 66.2 cm³/mol. The molecule has 2 nitrogen and oxygen atoms in total. The van der Waals surface area contributed by atoms with Crippen LogP contribution in [0.25, 0.3) is 0 Å². The number of ketones is 1. The molecule has 1 fully saturated rings. The fraction of sp³-hybridized carbons (Fsp3) is 0.417. The zero-order valence-electron chi connectivity index (χ0n) is 8.80. The van der Waals surface area contributed by atoms with Crippen molar-refractivity contribution in [2.75, 3.05) is 0 Å². The van der Waals surface area contributed by atoms with Crippen molar-refractivity contribution in [1.29, 1.82) is 0 Å². The van der Waals surface area contributed by atoms with Crippen LogP contribution in [-0.2, 0) is 0 Å². The SMILES string of the molecule is NC1(CC(=O)c2ccc(Cl)c(Cl)c2)CCC1. The quantitative estimate of drug-likeness (QED) is 0.844. The first-order chi connectivity index (χ1) is 7.50. The fourth-order valence-electron chi connectivity index (χ4n) is 1.90. The molecular formula is C12H13Cl2NO. The van der Waals surface area contributed by atoms with Crippen LogP contribution in [0.4, 0.5) is 0 Å². The molecule has 0 unspecified atom stereocenters. The Morgan fingerprint density at radius 2 is 2.00 bits per heavy atom. The Bertz CT molecular complexity index is 427. The van der Waals surface area contributed by atoms with Crippen LogP contribution in [0, 0.1) is 0 Å². The van der Waals surface area contributed by atoms with E-state index in [0.29, 0.717) is 22.0 Å². The first-order valence-electron chi connectivity index (χ1n) is 5.27. The highest BCUT2D eigenvalue weighted by atomic mass is 35.5. The summed E-state index contributed by atoms with van der Waals surface area (Å²) >= 11 is 11.7. The molecule has 0 bridgehead atoms. The van der Waals surface area contributed by atoms with Crippen LogP contribution in [0.3, 0.4) is 0 Å². The summed E-state index contributed by atoms with van der Waals surface area (Å²) in [6.07, 6.45) is 3.37. The molecule has 2 N–H and O–H groups in total. The van der Waals surface area contributed by atoms with E-state index in [9.17, 15) is 4.79 Å². The zero-order chi connectivity index (χ0) is 11.8. The maximum Gasteiger partial charge on any atom is 0.164 e. The molecule has 1 aromatic carbocycles. The van der Waals surface area contributed by atoms with Gasteiger partial charge in [0.2, 0.25) is 0 Å². The average molecular weight is 258 g/mol. The fourth-order valence-corrected chi connectivity index (χ4v) is 2.20. The average Bonchev–Trinajstić information content (AvgIpc) is 2.19. The molecule has 86 valence electrons. The van der Waals surface area contributed by atoms with E-state index in [1.54, 1.807) is 18.2 Å². The van der Waals surface area contributed by atoms with Gasteiger partial charge in [-0.1, -0.05) is 23.2 Å². The molecule has 0 heterocycles. The predicted octanol–water partition coefficient (Wildman–Crippen LogP) is 3.45. The standard InChI is InChI=1S/C12H13Cl2NO/c13-9-3-2-8(6-10(9)14)11(16)7-12(15)4-1-5-12/h2-3,6H,1,4-5,7,15H2. The van der Waals surface area contributed by atoms with E-state index in [2.05, 4.69) is 0 Å². The van der Waals surface area contributed by atoms with Gasteiger partial charge in [-0.15, -0.1) is 0 Å². The molecular weight excluding hydrogens is 245 g/mol. The number of carbonyl (C=O) groups is 1. The smallest absolute Gasteiger partial charge is 0.164 e. The van der Waals surface area contributed by atoms with Crippen LogP contribution in [0.15, 0.2) is 18.2 Å². The summed E-state index contributed by atoms with van der Waals surface area (Å²) < 4.78 is 0. The van der Waals surface area contributed by atoms with Gasteiger partial charge in [-0.2, -0.15) is 0 Å². The van der Waals surface area contributed by atoms with Gasteiger partial charge in [-0.3, -0.25) is 4.79 Å². The Morgan fingerprint density at radius 1 is 1.31 bits per heavy atom. The topological polar surface area (TPSA) is 43.1 Å². The molecule has 1 aliphatic carbocycles. The molecule has 4 heteroatoms. The number of carbonyl (C=O) groups excluding carboxylic acids is 1. The second-order valence-corrected chi connectivity index (χ2v) is 5.26. The number of hydrogen-bond donors (Lipinski definition) is 1. The third-order valence-electron chi connectivity index (χ3n) is 3.10. The van der Waals surface area contributed by atoms with Gasteiger partial charge in [0, 0.05) is 17.5 Å². The maximum atomic E-state index is 11.9. The summed E-state index contributed by atoms with van der Waals surface area (Å²) in [7, 11) is 0. The molecule has 0 saturated heterocycles. The van der Waals surface area contributed by atoms with Gasteiger partial charge in [0.15, 0.2) is 5.78 Å². The Balaban J connectivity index is 2.11. The van der Waals surface area contributed by atoms with E-state index in [1.807, 2.05) is 0 Å². The van der Waals surface area contributed by atoms with Crippen LogP contribution in [0.2, 0.25) is 10.0 Å². The summed E-state index contributed by atoms with van der Waals surface area (Å²) in [6, 6.07) is 4.94. The van der Waals surface area contributed by atoms with Crippen molar-refractivity contribution in [3.05, 3.63) is 33.8 Å². The molecule has 0 atom stereocenters. The lowest BCUT2D eigenvalue weighted by Gasteiger charge is -2.37. The molecule has 16 heavy (non-hydrogen) atoms. The van der Waals surface area contributed by atoms with Crippen LogP contribution in [-0.4, -0.2) is 11.3 Å². The third-order valence-corrected chi connectivity index (χ3v) is 3.84. The Hall–Kier alpha value is -0.570. The minimum atomic E-state index is -0.288. The number of halogens is 2. The van der Waals surface area contributed by atoms with Gasteiger partial charge in [0.1, 0.15) is 0 Å². The number of rotatable bonds is 3. The summed E-state index contributed by atoms with van der Waals surface area (Å²) in [5, 5.41) is 0.872. The van der Waals surface area contributed by atoms with Crippen LogP contribution >= 0.6 is 23.2 Å². The van der Waals surface area contributed by atoms with Crippen molar-refractivity contribution in [2.24, 2.45) is 5.73 Å². The number of hydrogen-bond acceptors (Lipinski definition) is 2. The Kier molecular flexibility index (Phi) is 3.24. The summed E-state index contributed by atoms with van der Waals surface area (Å²) in [6.45, 7) is 0. The zero-order valence-corrected chi connectivity index (χ0v) is 10.3. The van der Waals surface area contributed by atoms with E-state index in [1.165, 1.54) is 0 Å². The van der Waals surface area contributed by atoms with Crippen LogP contribution < -0.4 is 5.73 Å². The van der Waals surface area contributed by atoms with Crippen LogP contribution in [0.1, 0.15) is 36.0 Å². The van der Waals surface area contributed by atoms with Crippen molar-refractivity contribution in [2.45, 2.75) is 31.2 Å². The van der Waals surface area contributed by atoms with Gasteiger partial charge in [0.05, 0.1) is 10.0 Å². The van der Waals surface area contributed by atoms with Crippen molar-refractivity contribution in [3.63, 3.8) is 0 Å². The minimum absolute atomic E-state index is 0.0424. The van der Waals surface area contributed by atoms with E-state index < -0.39 is 0 Å². The highest BCUT2D eigenvalue weighted by Crippen LogP contribution is 2.33. The molecule has 0 aromatic heterocycles. The number of benzene rings is 1. The lowest BCUT2D eigenvalue weighted by Crippen LogP contribution is -2.48. The molecule has 1 saturated carbocycles. The molecule has 0 spiro atoms. The molecule has 1 aromatic rings. The maximum absolute atomic E-state index is 11.9. The summed E-state index contributed by atoms with van der Waals surface area (Å²) in [4.78, 5) is 11.9. The van der Waals surface area contributed by atoms with Gasteiger partial charge in [-0.25, -0.2) is 0 Å². The third kappa shape index (κ3) is 2.40. The number of Topliss-reactive ketones (excluding diaryl/α,β-unsaturated/α-hetero) is 1.